The van der Waals surface area contributed by atoms with Crippen LogP contribution in [0, 0.1) is 0 Å². The Hall–Kier alpha value is -2.41. The number of amides is 1. The van der Waals surface area contributed by atoms with Gasteiger partial charge in [-0.1, -0.05) is 5.16 Å². The molecule has 0 unspecified atom stereocenters. The highest BCUT2D eigenvalue weighted by Crippen LogP contribution is 2.31. The quantitative estimate of drug-likeness (QED) is 0.864. The largest absolute Gasteiger partial charge is 0.491 e. The maximum absolute atomic E-state index is 11.5. The molecule has 20 heavy (non-hydrogen) atoms. The number of benzene rings is 1. The van der Waals surface area contributed by atoms with Crippen molar-refractivity contribution in [2.45, 2.75) is 12.8 Å². The number of fused-ring (bicyclic) bond motifs is 1. The number of nitrogens with one attached hydrogen (secondary N) is 1. The van der Waals surface area contributed by atoms with Crippen LogP contribution in [0.2, 0.25) is 0 Å². The van der Waals surface area contributed by atoms with Crippen LogP contribution >= 0.6 is 0 Å². The summed E-state index contributed by atoms with van der Waals surface area (Å²) in [5.74, 6) is 1.54. The summed E-state index contributed by atoms with van der Waals surface area (Å²) in [7, 11) is 0. The van der Waals surface area contributed by atoms with E-state index in [1.807, 2.05) is 6.07 Å². The molecule has 0 radical (unpaired) electrons. The van der Waals surface area contributed by atoms with E-state index in [2.05, 4.69) is 15.5 Å². The summed E-state index contributed by atoms with van der Waals surface area (Å²) in [5.41, 5.74) is 6.81. The van der Waals surface area contributed by atoms with Gasteiger partial charge >= 0.3 is 0 Å². The van der Waals surface area contributed by atoms with Crippen molar-refractivity contribution in [1.82, 2.24) is 10.1 Å². The van der Waals surface area contributed by atoms with E-state index in [9.17, 15) is 4.79 Å². The Morgan fingerprint density at radius 1 is 1.40 bits per heavy atom. The summed E-state index contributed by atoms with van der Waals surface area (Å²) < 4.78 is 10.6. The van der Waals surface area contributed by atoms with Gasteiger partial charge < -0.3 is 20.3 Å². The molecular formula is C13H14N4O3. The standard InChI is InChI=1S/C13H14N4O3/c14-5-3-12-16-13(17-20-12)8-1-2-10-9(7-8)15-11(18)4-6-19-10/h1-2,7H,3-6,14H2,(H,15,18). The van der Waals surface area contributed by atoms with E-state index in [-0.39, 0.29) is 5.91 Å². The van der Waals surface area contributed by atoms with Crippen LogP contribution in [0.5, 0.6) is 5.75 Å². The second kappa shape index (κ2) is 5.30. The van der Waals surface area contributed by atoms with Crippen molar-refractivity contribution in [3.63, 3.8) is 0 Å². The lowest BCUT2D eigenvalue weighted by Crippen LogP contribution is -2.10. The van der Waals surface area contributed by atoms with Crippen LogP contribution in [-0.2, 0) is 11.2 Å². The molecule has 7 heteroatoms. The molecule has 0 fully saturated rings. The highest BCUT2D eigenvalue weighted by atomic mass is 16.5. The molecule has 104 valence electrons. The smallest absolute Gasteiger partial charge is 0.228 e. The third kappa shape index (κ3) is 2.48. The fraction of sp³-hybridized carbons (Fsp3) is 0.308. The summed E-state index contributed by atoms with van der Waals surface area (Å²) in [5, 5.41) is 6.70. The first kappa shape index (κ1) is 12.6. The molecule has 3 rings (SSSR count). The lowest BCUT2D eigenvalue weighted by atomic mass is 10.1. The minimum Gasteiger partial charge on any atom is -0.491 e. The van der Waals surface area contributed by atoms with Crippen LogP contribution in [0.1, 0.15) is 12.3 Å². The Morgan fingerprint density at radius 2 is 2.30 bits per heavy atom. The van der Waals surface area contributed by atoms with Crippen molar-refractivity contribution < 1.29 is 14.1 Å². The second-order valence-corrected chi connectivity index (χ2v) is 4.41. The van der Waals surface area contributed by atoms with Gasteiger partial charge in [0.05, 0.1) is 18.7 Å². The van der Waals surface area contributed by atoms with Gasteiger partial charge in [0.25, 0.3) is 0 Å². The van der Waals surface area contributed by atoms with Crippen molar-refractivity contribution >= 4 is 11.6 Å². The Labute approximate surface area is 115 Å². The normalized spacial score (nSPS) is 14.2. The fourth-order valence-corrected chi connectivity index (χ4v) is 1.96. The molecule has 2 heterocycles. The highest BCUT2D eigenvalue weighted by Gasteiger charge is 2.16. The van der Waals surface area contributed by atoms with Gasteiger partial charge in [-0.2, -0.15) is 4.98 Å². The molecule has 1 aromatic heterocycles. The molecule has 1 aromatic carbocycles. The van der Waals surface area contributed by atoms with Crippen molar-refractivity contribution in [3.05, 3.63) is 24.1 Å². The minimum absolute atomic E-state index is 0.0715. The van der Waals surface area contributed by atoms with E-state index >= 15 is 0 Å². The van der Waals surface area contributed by atoms with Crippen molar-refractivity contribution in [2.24, 2.45) is 5.73 Å². The van der Waals surface area contributed by atoms with Crippen LogP contribution in [-0.4, -0.2) is 29.2 Å². The topological polar surface area (TPSA) is 103 Å². The Morgan fingerprint density at radius 3 is 3.15 bits per heavy atom. The first-order valence-electron chi connectivity index (χ1n) is 6.36. The zero-order chi connectivity index (χ0) is 13.9. The average molecular weight is 274 g/mol. The average Bonchev–Trinajstić information content (AvgIpc) is 2.81. The number of hydrogen-bond acceptors (Lipinski definition) is 6. The fourth-order valence-electron chi connectivity index (χ4n) is 1.96. The van der Waals surface area contributed by atoms with Gasteiger partial charge in [-0.25, -0.2) is 0 Å². The maximum Gasteiger partial charge on any atom is 0.228 e. The van der Waals surface area contributed by atoms with Crippen molar-refractivity contribution in [3.8, 4) is 17.1 Å². The molecule has 3 N–H and O–H groups in total. The molecule has 0 spiro atoms. The molecule has 0 aliphatic carbocycles. The van der Waals surface area contributed by atoms with Crippen LogP contribution < -0.4 is 15.8 Å². The SMILES string of the molecule is NCCc1nc(-c2ccc3c(c2)NC(=O)CCO3)no1. The number of aromatic nitrogens is 2. The van der Waals surface area contributed by atoms with E-state index in [0.717, 1.165) is 5.56 Å². The zero-order valence-corrected chi connectivity index (χ0v) is 10.8. The number of hydrogen-bond donors (Lipinski definition) is 2. The lowest BCUT2D eigenvalue weighted by Gasteiger charge is -2.07. The van der Waals surface area contributed by atoms with Crippen LogP contribution in [0.15, 0.2) is 22.7 Å². The molecule has 1 aliphatic heterocycles. The lowest BCUT2D eigenvalue weighted by molar-refractivity contribution is -0.116. The first-order valence-corrected chi connectivity index (χ1v) is 6.36. The number of nitrogens with two attached hydrogens (primary N) is 1. The molecule has 7 nitrogen and oxygen atoms in total. The Balaban J connectivity index is 1.92. The van der Waals surface area contributed by atoms with Crippen molar-refractivity contribution in [1.29, 1.82) is 0 Å². The van der Waals surface area contributed by atoms with Crippen LogP contribution in [0.4, 0.5) is 5.69 Å². The molecule has 0 atom stereocenters. The number of carbonyl (C=O) groups excluding carboxylic acids is 1. The van der Waals surface area contributed by atoms with Gasteiger partial charge in [-0.05, 0) is 18.2 Å². The van der Waals surface area contributed by atoms with Crippen molar-refractivity contribution in [2.75, 3.05) is 18.5 Å². The number of ether oxygens (including phenoxy) is 1. The summed E-state index contributed by atoms with van der Waals surface area (Å²) in [4.78, 5) is 15.8. The molecule has 1 aliphatic rings. The van der Waals surface area contributed by atoms with Gasteiger partial charge in [-0.15, -0.1) is 0 Å². The monoisotopic (exact) mass is 274 g/mol. The molecule has 0 saturated heterocycles. The summed E-state index contributed by atoms with van der Waals surface area (Å²) >= 11 is 0. The van der Waals surface area contributed by atoms with Gasteiger partial charge in [0.2, 0.25) is 17.6 Å². The zero-order valence-electron chi connectivity index (χ0n) is 10.8. The van der Waals surface area contributed by atoms with E-state index in [0.29, 0.717) is 49.1 Å². The number of carbonyl (C=O) groups is 1. The van der Waals surface area contributed by atoms with Crippen LogP contribution in [0.3, 0.4) is 0 Å². The van der Waals surface area contributed by atoms with Gasteiger partial charge in [0.1, 0.15) is 5.75 Å². The summed E-state index contributed by atoms with van der Waals surface area (Å²) in [6.45, 7) is 0.830. The molecule has 2 aromatic rings. The van der Waals surface area contributed by atoms with Crippen LogP contribution in [0.25, 0.3) is 11.4 Å². The highest BCUT2D eigenvalue weighted by molar-refractivity contribution is 5.93. The van der Waals surface area contributed by atoms with Gasteiger partial charge in [0, 0.05) is 18.5 Å². The number of nitrogens with zero attached hydrogens (tertiary/aromatic N) is 2. The van der Waals surface area contributed by atoms with E-state index in [4.69, 9.17) is 15.0 Å². The predicted molar refractivity (Wildman–Crippen MR) is 71.2 cm³/mol. The minimum atomic E-state index is -0.0715. The van der Waals surface area contributed by atoms with E-state index in [1.165, 1.54) is 0 Å². The third-order valence-corrected chi connectivity index (χ3v) is 2.92. The molecule has 1 amide bonds. The number of anilines is 1. The summed E-state index contributed by atoms with van der Waals surface area (Å²) in [6.07, 6.45) is 0.880. The predicted octanol–water partition coefficient (Wildman–Crippen LogP) is 0.959. The Kier molecular flexibility index (Phi) is 3.34. The first-order chi connectivity index (χ1) is 9.76. The van der Waals surface area contributed by atoms with Gasteiger partial charge in [-0.3, -0.25) is 4.79 Å². The second-order valence-electron chi connectivity index (χ2n) is 4.41. The maximum atomic E-state index is 11.5. The molecule has 0 bridgehead atoms. The third-order valence-electron chi connectivity index (χ3n) is 2.92. The summed E-state index contributed by atoms with van der Waals surface area (Å²) in [6, 6.07) is 5.39. The van der Waals surface area contributed by atoms with E-state index in [1.54, 1.807) is 12.1 Å². The Bertz CT molecular complexity index is 638. The van der Waals surface area contributed by atoms with E-state index < -0.39 is 0 Å². The number of rotatable bonds is 3. The molecule has 0 saturated carbocycles. The van der Waals surface area contributed by atoms with Gasteiger partial charge in [0.15, 0.2) is 0 Å². The molecular weight excluding hydrogens is 260 g/mol.